The summed E-state index contributed by atoms with van der Waals surface area (Å²) in [4.78, 5) is 24.8. The van der Waals surface area contributed by atoms with Crippen LogP contribution in [0.1, 0.15) is 52.4 Å². The lowest BCUT2D eigenvalue weighted by Gasteiger charge is -2.20. The van der Waals surface area contributed by atoms with Gasteiger partial charge in [0.1, 0.15) is 16.8 Å². The molecule has 128 valence electrons. The van der Waals surface area contributed by atoms with Gasteiger partial charge in [-0.25, -0.2) is 23.4 Å². The van der Waals surface area contributed by atoms with Crippen LogP contribution in [0.5, 0.6) is 5.75 Å². The highest BCUT2D eigenvalue weighted by Crippen LogP contribution is 2.40. The molecule has 6 nitrogen and oxygen atoms in total. The van der Waals surface area contributed by atoms with Gasteiger partial charge in [-0.3, -0.25) is 0 Å². The Bertz CT molecular complexity index is 642. The zero-order chi connectivity index (χ0) is 18.1. The quantitative estimate of drug-likeness (QED) is 0.797. The lowest BCUT2D eigenvalue weighted by molar-refractivity contribution is -0.142. The third-order valence-corrected chi connectivity index (χ3v) is 2.44. The van der Waals surface area contributed by atoms with Crippen LogP contribution in [0.2, 0.25) is 0 Å². The summed E-state index contributed by atoms with van der Waals surface area (Å²) in [6, 6.07) is 0. The number of halogens is 5. The Morgan fingerprint density at radius 1 is 1.09 bits per heavy atom. The van der Waals surface area contributed by atoms with Crippen molar-refractivity contribution in [2.45, 2.75) is 32.6 Å². The van der Waals surface area contributed by atoms with Crippen molar-refractivity contribution in [1.82, 2.24) is 4.98 Å². The van der Waals surface area contributed by atoms with E-state index >= 15 is 0 Å². The Kier molecular flexibility index (Phi) is 5.13. The lowest BCUT2D eigenvalue weighted by Crippen LogP contribution is -2.23. The molecule has 1 rings (SSSR count). The van der Waals surface area contributed by atoms with Gasteiger partial charge in [-0.15, -0.1) is 0 Å². The van der Waals surface area contributed by atoms with Crippen LogP contribution in [0.15, 0.2) is 0 Å². The molecule has 0 aliphatic carbocycles. The number of aromatic nitrogens is 1. The maximum Gasteiger partial charge on any atom is 0.434 e. The standard InChI is InChI=1S/C12H10F5NO5/c1-3(2)23-7-4(10(19)20)6(9(13)14)18-8(12(15,16)17)5(7)11(21)22/h3,9H,1-2H3,(H,19,20)(H,21,22). The highest BCUT2D eigenvalue weighted by molar-refractivity contribution is 6.00. The first-order valence-electron chi connectivity index (χ1n) is 5.94. The van der Waals surface area contributed by atoms with Gasteiger partial charge in [0.05, 0.1) is 6.10 Å². The van der Waals surface area contributed by atoms with Gasteiger partial charge in [0.25, 0.3) is 6.43 Å². The number of nitrogens with zero attached hydrogens (tertiary/aromatic N) is 1. The van der Waals surface area contributed by atoms with E-state index in [1.807, 2.05) is 0 Å². The Labute approximate surface area is 125 Å². The number of carbonyl (C=O) groups is 2. The molecular weight excluding hydrogens is 333 g/mol. The average molecular weight is 343 g/mol. The van der Waals surface area contributed by atoms with Crippen LogP contribution in [0.25, 0.3) is 0 Å². The number of hydrogen-bond donors (Lipinski definition) is 2. The number of alkyl halides is 5. The maximum absolute atomic E-state index is 12.9. The third-order valence-electron chi connectivity index (χ3n) is 2.44. The molecule has 0 radical (unpaired) electrons. The Hall–Kier alpha value is -2.46. The largest absolute Gasteiger partial charge is 0.489 e. The minimum absolute atomic E-state index is 0.972. The Morgan fingerprint density at radius 3 is 1.87 bits per heavy atom. The average Bonchev–Trinajstić information content (AvgIpc) is 2.34. The van der Waals surface area contributed by atoms with Gasteiger partial charge in [0, 0.05) is 0 Å². The molecule has 0 atom stereocenters. The van der Waals surface area contributed by atoms with Crippen molar-refractivity contribution in [3.63, 3.8) is 0 Å². The number of hydrogen-bond acceptors (Lipinski definition) is 4. The highest BCUT2D eigenvalue weighted by atomic mass is 19.4. The smallest absolute Gasteiger partial charge is 0.434 e. The van der Waals surface area contributed by atoms with Gasteiger partial charge in [-0.2, -0.15) is 13.2 Å². The molecule has 0 aromatic carbocycles. The molecule has 0 saturated heterocycles. The predicted octanol–water partition coefficient (Wildman–Crippen LogP) is 3.22. The van der Waals surface area contributed by atoms with Crippen LogP contribution < -0.4 is 4.74 Å². The van der Waals surface area contributed by atoms with Crippen molar-refractivity contribution >= 4 is 11.9 Å². The molecule has 2 N–H and O–H groups in total. The molecular formula is C12H10F5NO5. The summed E-state index contributed by atoms with van der Waals surface area (Å²) >= 11 is 0. The molecule has 0 aliphatic heterocycles. The van der Waals surface area contributed by atoms with Crippen LogP contribution >= 0.6 is 0 Å². The number of aromatic carboxylic acids is 2. The summed E-state index contributed by atoms with van der Waals surface area (Å²) in [5, 5.41) is 17.9. The van der Waals surface area contributed by atoms with Crippen LogP contribution in [0.4, 0.5) is 22.0 Å². The first kappa shape index (κ1) is 18.6. The topological polar surface area (TPSA) is 96.7 Å². The number of carboxylic acids is 2. The second kappa shape index (κ2) is 6.34. The van der Waals surface area contributed by atoms with Gasteiger partial charge in [-0.05, 0) is 13.8 Å². The van der Waals surface area contributed by atoms with E-state index in [-0.39, 0.29) is 0 Å². The first-order chi connectivity index (χ1) is 10.4. The minimum Gasteiger partial charge on any atom is -0.489 e. The molecule has 0 amide bonds. The maximum atomic E-state index is 12.9. The van der Waals surface area contributed by atoms with Crippen molar-refractivity contribution in [2.75, 3.05) is 0 Å². The molecule has 23 heavy (non-hydrogen) atoms. The zero-order valence-corrected chi connectivity index (χ0v) is 11.6. The van der Waals surface area contributed by atoms with Gasteiger partial charge in [0.2, 0.25) is 0 Å². The van der Waals surface area contributed by atoms with Crippen molar-refractivity contribution < 1.29 is 46.5 Å². The van der Waals surface area contributed by atoms with Crippen LogP contribution in [-0.4, -0.2) is 33.2 Å². The number of pyridine rings is 1. The van der Waals surface area contributed by atoms with E-state index in [9.17, 15) is 31.5 Å². The van der Waals surface area contributed by atoms with Gasteiger partial charge in [-0.1, -0.05) is 0 Å². The van der Waals surface area contributed by atoms with Crippen molar-refractivity contribution in [1.29, 1.82) is 0 Å². The predicted molar refractivity (Wildman–Crippen MR) is 63.9 cm³/mol. The molecule has 0 spiro atoms. The number of rotatable bonds is 5. The van der Waals surface area contributed by atoms with Crippen LogP contribution in [0.3, 0.4) is 0 Å². The SMILES string of the molecule is CC(C)Oc1c(C(=O)O)c(C(F)F)nc(C(F)(F)F)c1C(=O)O. The fourth-order valence-electron chi connectivity index (χ4n) is 1.70. The van der Waals surface area contributed by atoms with Crippen molar-refractivity contribution in [3.8, 4) is 5.75 Å². The zero-order valence-electron chi connectivity index (χ0n) is 11.6. The molecule has 11 heteroatoms. The summed E-state index contributed by atoms with van der Waals surface area (Å²) in [7, 11) is 0. The van der Waals surface area contributed by atoms with E-state index in [4.69, 9.17) is 14.9 Å². The fourth-order valence-corrected chi connectivity index (χ4v) is 1.70. The molecule has 0 saturated carbocycles. The van der Waals surface area contributed by atoms with E-state index < -0.39 is 58.9 Å². The molecule has 0 unspecified atom stereocenters. The lowest BCUT2D eigenvalue weighted by atomic mass is 10.0. The minimum atomic E-state index is -5.40. The molecule has 1 aromatic heterocycles. The van der Waals surface area contributed by atoms with Crippen LogP contribution in [0, 0.1) is 0 Å². The Morgan fingerprint density at radius 2 is 1.57 bits per heavy atom. The van der Waals surface area contributed by atoms with E-state index in [0.717, 1.165) is 0 Å². The Balaban J connectivity index is 4.00. The normalized spacial score (nSPS) is 11.9. The van der Waals surface area contributed by atoms with E-state index in [0.29, 0.717) is 0 Å². The fraction of sp³-hybridized carbons (Fsp3) is 0.417. The molecule has 0 fully saturated rings. The number of ether oxygens (including phenoxy) is 1. The van der Waals surface area contributed by atoms with Gasteiger partial charge in [0.15, 0.2) is 11.4 Å². The van der Waals surface area contributed by atoms with Gasteiger partial charge < -0.3 is 14.9 Å². The summed E-state index contributed by atoms with van der Waals surface area (Å²) < 4.78 is 69.4. The molecule has 1 heterocycles. The third kappa shape index (κ3) is 3.85. The summed E-state index contributed by atoms with van der Waals surface area (Å²) in [6.45, 7) is 2.51. The van der Waals surface area contributed by atoms with E-state index in [1.165, 1.54) is 13.8 Å². The molecule has 0 aliphatic rings. The second-order valence-corrected chi connectivity index (χ2v) is 4.50. The highest BCUT2D eigenvalue weighted by Gasteiger charge is 2.43. The van der Waals surface area contributed by atoms with Crippen molar-refractivity contribution in [3.05, 3.63) is 22.5 Å². The first-order valence-corrected chi connectivity index (χ1v) is 5.94. The second-order valence-electron chi connectivity index (χ2n) is 4.50. The summed E-state index contributed by atoms with van der Waals surface area (Å²) in [6.07, 6.45) is -10.1. The molecule has 0 bridgehead atoms. The van der Waals surface area contributed by atoms with Gasteiger partial charge >= 0.3 is 18.1 Å². The molecule has 1 aromatic rings. The number of carboxylic acid groups (broad SMARTS) is 2. The monoisotopic (exact) mass is 343 g/mol. The van der Waals surface area contributed by atoms with E-state index in [1.54, 1.807) is 0 Å². The van der Waals surface area contributed by atoms with Crippen LogP contribution in [-0.2, 0) is 6.18 Å². The summed E-state index contributed by atoms with van der Waals surface area (Å²) in [5.41, 5.74) is -6.92. The van der Waals surface area contributed by atoms with Crippen molar-refractivity contribution in [2.24, 2.45) is 0 Å². The van der Waals surface area contributed by atoms with E-state index in [2.05, 4.69) is 4.98 Å². The summed E-state index contributed by atoms with van der Waals surface area (Å²) in [5.74, 6) is -5.60.